The van der Waals surface area contributed by atoms with Crippen molar-refractivity contribution in [3.8, 4) is 5.75 Å². The third-order valence-electron chi connectivity index (χ3n) is 5.45. The first kappa shape index (κ1) is 17.8. The third kappa shape index (κ3) is 3.49. The van der Waals surface area contributed by atoms with E-state index in [1.165, 1.54) is 0 Å². The number of aromatic nitrogens is 3. The summed E-state index contributed by atoms with van der Waals surface area (Å²) in [5.41, 5.74) is 3.92. The maximum Gasteiger partial charge on any atom is 0.318 e. The van der Waals surface area contributed by atoms with E-state index in [0.717, 1.165) is 48.2 Å². The number of hydrogen-bond acceptors (Lipinski definition) is 5. The monoisotopic (exact) mass is 371 g/mol. The zero-order valence-electron chi connectivity index (χ0n) is 15.5. The summed E-state index contributed by atoms with van der Waals surface area (Å²) in [5.74, 6) is 0.321. The Balaban J connectivity index is 1.43. The molecular formula is C19H25N5O3. The van der Waals surface area contributed by atoms with E-state index in [-0.39, 0.29) is 12.1 Å². The van der Waals surface area contributed by atoms with Crippen LogP contribution in [-0.4, -0.2) is 51.3 Å². The van der Waals surface area contributed by atoms with E-state index in [0.29, 0.717) is 32.0 Å². The van der Waals surface area contributed by atoms with Gasteiger partial charge in [-0.15, -0.1) is 5.10 Å². The molecule has 2 heterocycles. The van der Waals surface area contributed by atoms with E-state index in [1.807, 2.05) is 16.8 Å². The van der Waals surface area contributed by atoms with E-state index in [2.05, 4.69) is 15.6 Å². The largest absolute Gasteiger partial charge is 0.508 e. The van der Waals surface area contributed by atoms with Gasteiger partial charge in [0.15, 0.2) is 0 Å². The standard InChI is InChI=1S/C19H25N5O3/c1-27-11-10-24-17-8-9-23(12-16(17)21-22-24)19(26)20-15-6-2-5-14-13(15)4-3-7-18(14)25/h3-4,7,15,25H,2,5-6,8-12H2,1H3,(H,20,26). The van der Waals surface area contributed by atoms with Crippen molar-refractivity contribution in [3.05, 3.63) is 40.7 Å². The molecule has 144 valence electrons. The summed E-state index contributed by atoms with van der Waals surface area (Å²) in [6.45, 7) is 2.37. The highest BCUT2D eigenvalue weighted by atomic mass is 16.5. The van der Waals surface area contributed by atoms with Gasteiger partial charge in [-0.05, 0) is 36.5 Å². The average molecular weight is 371 g/mol. The van der Waals surface area contributed by atoms with E-state index in [4.69, 9.17) is 4.74 Å². The van der Waals surface area contributed by atoms with Crippen LogP contribution in [0.5, 0.6) is 5.75 Å². The van der Waals surface area contributed by atoms with Crippen molar-refractivity contribution in [2.24, 2.45) is 0 Å². The minimum absolute atomic E-state index is 0.0628. The number of aromatic hydroxyl groups is 1. The quantitative estimate of drug-likeness (QED) is 0.855. The number of carbonyl (C=O) groups excluding carboxylic acids is 1. The first-order valence-electron chi connectivity index (χ1n) is 9.43. The maximum absolute atomic E-state index is 12.8. The SMILES string of the molecule is COCCn1nnc2c1CCN(C(=O)NC1CCCc3c(O)cccc31)C2. The Bertz CT molecular complexity index is 835. The van der Waals surface area contributed by atoms with Crippen molar-refractivity contribution in [3.63, 3.8) is 0 Å². The Morgan fingerprint density at radius 3 is 3.15 bits per heavy atom. The van der Waals surface area contributed by atoms with Crippen LogP contribution >= 0.6 is 0 Å². The van der Waals surface area contributed by atoms with Crippen molar-refractivity contribution < 1.29 is 14.6 Å². The molecule has 2 aromatic rings. The minimum atomic E-state index is -0.0896. The molecule has 1 aliphatic heterocycles. The first-order chi connectivity index (χ1) is 13.2. The number of phenolic OH excluding ortho intramolecular Hbond substituents is 1. The molecule has 8 nitrogen and oxygen atoms in total. The molecule has 0 fully saturated rings. The zero-order chi connectivity index (χ0) is 18.8. The molecule has 0 spiro atoms. The van der Waals surface area contributed by atoms with Crippen molar-refractivity contribution >= 4 is 6.03 Å². The molecule has 1 unspecified atom stereocenters. The molecule has 1 atom stereocenters. The van der Waals surface area contributed by atoms with Gasteiger partial charge in [-0.2, -0.15) is 0 Å². The van der Waals surface area contributed by atoms with Crippen molar-refractivity contribution in [2.45, 2.75) is 44.8 Å². The highest BCUT2D eigenvalue weighted by Crippen LogP contribution is 2.34. The van der Waals surface area contributed by atoms with Crippen LogP contribution in [-0.2, 0) is 30.7 Å². The third-order valence-corrected chi connectivity index (χ3v) is 5.45. The number of nitrogens with one attached hydrogen (secondary N) is 1. The number of nitrogens with zero attached hydrogens (tertiary/aromatic N) is 4. The van der Waals surface area contributed by atoms with Crippen LogP contribution in [0.4, 0.5) is 4.79 Å². The number of carbonyl (C=O) groups is 1. The normalized spacial score (nSPS) is 18.7. The number of fused-ring (bicyclic) bond motifs is 2. The van der Waals surface area contributed by atoms with Gasteiger partial charge in [0.2, 0.25) is 0 Å². The van der Waals surface area contributed by atoms with Crippen LogP contribution in [0.1, 0.15) is 41.4 Å². The smallest absolute Gasteiger partial charge is 0.318 e. The van der Waals surface area contributed by atoms with Crippen LogP contribution in [0.2, 0.25) is 0 Å². The number of hydrogen-bond donors (Lipinski definition) is 2. The highest BCUT2D eigenvalue weighted by Gasteiger charge is 2.29. The predicted molar refractivity (Wildman–Crippen MR) is 98.3 cm³/mol. The molecular weight excluding hydrogens is 346 g/mol. The van der Waals surface area contributed by atoms with Crippen LogP contribution in [0.3, 0.4) is 0 Å². The molecule has 0 bridgehead atoms. The number of amides is 2. The second-order valence-electron chi connectivity index (χ2n) is 7.11. The fourth-order valence-corrected chi connectivity index (χ4v) is 4.02. The summed E-state index contributed by atoms with van der Waals surface area (Å²) in [4.78, 5) is 14.6. The van der Waals surface area contributed by atoms with Gasteiger partial charge in [-0.1, -0.05) is 17.3 Å². The van der Waals surface area contributed by atoms with E-state index in [1.54, 1.807) is 18.1 Å². The van der Waals surface area contributed by atoms with Gasteiger partial charge in [-0.3, -0.25) is 0 Å². The number of phenols is 1. The lowest BCUT2D eigenvalue weighted by molar-refractivity contribution is 0.178. The van der Waals surface area contributed by atoms with Crippen LogP contribution < -0.4 is 5.32 Å². The molecule has 0 saturated carbocycles. The van der Waals surface area contributed by atoms with E-state index >= 15 is 0 Å². The molecule has 27 heavy (non-hydrogen) atoms. The van der Waals surface area contributed by atoms with Gasteiger partial charge in [0.25, 0.3) is 0 Å². The fourth-order valence-electron chi connectivity index (χ4n) is 4.02. The Hall–Kier alpha value is -2.61. The number of rotatable bonds is 4. The van der Waals surface area contributed by atoms with Crippen LogP contribution in [0.15, 0.2) is 18.2 Å². The van der Waals surface area contributed by atoms with Crippen molar-refractivity contribution in [1.29, 1.82) is 0 Å². The van der Waals surface area contributed by atoms with Gasteiger partial charge < -0.3 is 20.1 Å². The van der Waals surface area contributed by atoms with Crippen LogP contribution in [0, 0.1) is 0 Å². The first-order valence-corrected chi connectivity index (χ1v) is 9.43. The van der Waals surface area contributed by atoms with E-state index < -0.39 is 0 Å². The molecule has 0 saturated heterocycles. The predicted octanol–water partition coefficient (Wildman–Crippen LogP) is 1.78. The molecule has 1 aromatic carbocycles. The summed E-state index contributed by atoms with van der Waals surface area (Å²) in [6.07, 6.45) is 3.43. The van der Waals surface area contributed by atoms with Gasteiger partial charge in [0, 0.05) is 20.1 Å². The average Bonchev–Trinajstić information content (AvgIpc) is 3.09. The molecule has 2 N–H and O–H groups in total. The van der Waals surface area contributed by atoms with Crippen molar-refractivity contribution in [1.82, 2.24) is 25.2 Å². The Morgan fingerprint density at radius 2 is 2.30 bits per heavy atom. The molecule has 2 aliphatic rings. The number of methoxy groups -OCH3 is 1. The lowest BCUT2D eigenvalue weighted by Crippen LogP contribution is -2.44. The maximum atomic E-state index is 12.8. The molecule has 0 radical (unpaired) electrons. The Morgan fingerprint density at radius 1 is 1.41 bits per heavy atom. The second-order valence-corrected chi connectivity index (χ2v) is 7.11. The van der Waals surface area contributed by atoms with E-state index in [9.17, 15) is 9.90 Å². The second kappa shape index (κ2) is 7.56. The topological polar surface area (TPSA) is 92.5 Å². The molecule has 1 aromatic heterocycles. The number of urea groups is 1. The fraction of sp³-hybridized carbons (Fsp3) is 0.526. The lowest BCUT2D eigenvalue weighted by atomic mass is 9.87. The molecule has 8 heteroatoms. The Labute approximate surface area is 158 Å². The van der Waals surface area contributed by atoms with Gasteiger partial charge >= 0.3 is 6.03 Å². The van der Waals surface area contributed by atoms with Gasteiger partial charge in [0.1, 0.15) is 11.4 Å². The summed E-state index contributed by atoms with van der Waals surface area (Å²) >= 11 is 0. The summed E-state index contributed by atoms with van der Waals surface area (Å²) in [5, 5.41) is 21.6. The van der Waals surface area contributed by atoms with Crippen molar-refractivity contribution in [2.75, 3.05) is 20.3 Å². The summed E-state index contributed by atoms with van der Waals surface area (Å²) < 4.78 is 6.98. The minimum Gasteiger partial charge on any atom is -0.508 e. The number of benzene rings is 1. The number of ether oxygens (including phenoxy) is 1. The summed E-state index contributed by atoms with van der Waals surface area (Å²) in [6, 6.07) is 5.39. The van der Waals surface area contributed by atoms with Gasteiger partial charge in [0.05, 0.1) is 31.4 Å². The molecule has 1 aliphatic carbocycles. The molecule has 4 rings (SSSR count). The lowest BCUT2D eigenvalue weighted by Gasteiger charge is -2.31. The van der Waals surface area contributed by atoms with Crippen LogP contribution in [0.25, 0.3) is 0 Å². The summed E-state index contributed by atoms with van der Waals surface area (Å²) in [7, 11) is 1.67. The zero-order valence-corrected chi connectivity index (χ0v) is 15.5. The molecule has 2 amide bonds. The van der Waals surface area contributed by atoms with Gasteiger partial charge in [-0.25, -0.2) is 9.48 Å². The highest BCUT2D eigenvalue weighted by molar-refractivity contribution is 5.75. The Kier molecular flexibility index (Phi) is 4.98.